The zero-order chi connectivity index (χ0) is 8.97. The van der Waals surface area contributed by atoms with Crippen molar-refractivity contribution in [1.29, 1.82) is 0 Å². The predicted octanol–water partition coefficient (Wildman–Crippen LogP) is 3.35. The summed E-state index contributed by atoms with van der Waals surface area (Å²) in [6, 6.07) is 7.50. The Bertz CT molecular complexity index is 281. The second-order valence-electron chi connectivity index (χ2n) is 2.34. The molecular formula is C10H11ClO. The topological polar surface area (TPSA) is 9.23 Å². The van der Waals surface area contributed by atoms with Crippen molar-refractivity contribution in [3.8, 4) is 0 Å². The number of hydrogen-bond acceptors (Lipinski definition) is 1. The molecule has 0 aliphatic rings. The zero-order valence-electron chi connectivity index (χ0n) is 7.01. The Hall–Kier alpha value is -0.950. The second-order valence-corrected chi connectivity index (χ2v) is 2.74. The van der Waals surface area contributed by atoms with E-state index in [4.69, 9.17) is 16.3 Å². The van der Waals surface area contributed by atoms with Crippen LogP contribution in [0.5, 0.6) is 0 Å². The van der Waals surface area contributed by atoms with Crippen molar-refractivity contribution in [2.45, 2.75) is 6.92 Å². The lowest BCUT2D eigenvalue weighted by Crippen LogP contribution is -1.90. The quantitative estimate of drug-likeness (QED) is 0.652. The number of ether oxygens (including phenoxy) is 1. The fourth-order valence-corrected chi connectivity index (χ4v) is 1.18. The van der Waals surface area contributed by atoms with Crippen molar-refractivity contribution in [2.24, 2.45) is 0 Å². The maximum absolute atomic E-state index is 5.91. The Morgan fingerprint density at radius 2 is 2.17 bits per heavy atom. The number of rotatable bonds is 3. The van der Waals surface area contributed by atoms with Gasteiger partial charge in [0.1, 0.15) is 5.76 Å². The number of hydrogen-bond donors (Lipinski definition) is 0. The minimum atomic E-state index is 0.615. The summed E-state index contributed by atoms with van der Waals surface area (Å²) in [7, 11) is 0. The summed E-state index contributed by atoms with van der Waals surface area (Å²) in [6.45, 7) is 6.30. The summed E-state index contributed by atoms with van der Waals surface area (Å²) in [5, 5.41) is 0.677. The van der Waals surface area contributed by atoms with Crippen LogP contribution in [0.1, 0.15) is 12.5 Å². The summed E-state index contributed by atoms with van der Waals surface area (Å²) < 4.78 is 5.23. The van der Waals surface area contributed by atoms with Crippen molar-refractivity contribution in [3.05, 3.63) is 41.4 Å². The highest BCUT2D eigenvalue weighted by Gasteiger charge is 2.02. The fraction of sp³-hybridized carbons (Fsp3) is 0.200. The zero-order valence-corrected chi connectivity index (χ0v) is 7.77. The molecule has 0 spiro atoms. The first kappa shape index (κ1) is 9.14. The van der Waals surface area contributed by atoms with Gasteiger partial charge >= 0.3 is 0 Å². The van der Waals surface area contributed by atoms with Crippen molar-refractivity contribution in [3.63, 3.8) is 0 Å². The summed E-state index contributed by atoms with van der Waals surface area (Å²) >= 11 is 5.91. The molecule has 0 N–H and O–H groups in total. The number of halogens is 1. The first-order valence-electron chi connectivity index (χ1n) is 3.82. The summed E-state index contributed by atoms with van der Waals surface area (Å²) in [4.78, 5) is 0. The van der Waals surface area contributed by atoms with Crippen LogP contribution in [0.3, 0.4) is 0 Å². The summed E-state index contributed by atoms with van der Waals surface area (Å²) in [5.74, 6) is 0.628. The van der Waals surface area contributed by atoms with E-state index in [0.29, 0.717) is 17.4 Å². The van der Waals surface area contributed by atoms with Crippen LogP contribution in [0, 0.1) is 0 Å². The standard InChI is InChI=1S/C10H11ClO/c1-3-12-8(2)9-6-4-5-7-10(9)11/h4-7H,2-3H2,1H3. The van der Waals surface area contributed by atoms with Gasteiger partial charge in [-0.25, -0.2) is 0 Å². The molecule has 12 heavy (non-hydrogen) atoms. The van der Waals surface area contributed by atoms with Gasteiger partial charge in [0.2, 0.25) is 0 Å². The number of benzene rings is 1. The Kier molecular flexibility index (Phi) is 3.18. The monoisotopic (exact) mass is 182 g/mol. The van der Waals surface area contributed by atoms with Gasteiger partial charge in [0.25, 0.3) is 0 Å². The maximum atomic E-state index is 5.91. The Labute approximate surface area is 77.6 Å². The van der Waals surface area contributed by atoms with Crippen LogP contribution in [-0.4, -0.2) is 6.61 Å². The van der Waals surface area contributed by atoms with E-state index >= 15 is 0 Å². The minimum Gasteiger partial charge on any atom is -0.494 e. The van der Waals surface area contributed by atoms with Crippen LogP contribution in [0.25, 0.3) is 5.76 Å². The molecule has 0 atom stereocenters. The van der Waals surface area contributed by atoms with Crippen LogP contribution in [0.2, 0.25) is 5.02 Å². The molecule has 0 unspecified atom stereocenters. The fourth-order valence-electron chi connectivity index (χ4n) is 0.939. The third-order valence-corrected chi connectivity index (χ3v) is 1.82. The molecule has 2 heteroatoms. The molecule has 0 aliphatic carbocycles. The molecule has 1 aromatic carbocycles. The molecule has 0 amide bonds. The van der Waals surface area contributed by atoms with Crippen molar-refractivity contribution >= 4 is 17.4 Å². The molecular weight excluding hydrogens is 172 g/mol. The van der Waals surface area contributed by atoms with Gasteiger partial charge in [-0.2, -0.15) is 0 Å². The van der Waals surface area contributed by atoms with Gasteiger partial charge in [-0.05, 0) is 19.1 Å². The van der Waals surface area contributed by atoms with Crippen LogP contribution < -0.4 is 0 Å². The van der Waals surface area contributed by atoms with E-state index in [1.54, 1.807) is 0 Å². The lowest BCUT2D eigenvalue weighted by molar-refractivity contribution is 0.299. The molecule has 0 aromatic heterocycles. The lowest BCUT2D eigenvalue weighted by atomic mass is 10.2. The van der Waals surface area contributed by atoms with E-state index in [1.165, 1.54) is 0 Å². The van der Waals surface area contributed by atoms with Crippen LogP contribution in [-0.2, 0) is 4.74 Å². The van der Waals surface area contributed by atoms with Gasteiger partial charge in [0.15, 0.2) is 0 Å². The van der Waals surface area contributed by atoms with Crippen molar-refractivity contribution < 1.29 is 4.74 Å². The van der Waals surface area contributed by atoms with E-state index in [2.05, 4.69) is 6.58 Å². The van der Waals surface area contributed by atoms with Gasteiger partial charge in [-0.3, -0.25) is 0 Å². The molecule has 1 rings (SSSR count). The Morgan fingerprint density at radius 3 is 2.75 bits per heavy atom. The Balaban J connectivity index is 2.87. The average molecular weight is 183 g/mol. The third-order valence-electron chi connectivity index (χ3n) is 1.49. The molecule has 1 nitrogen and oxygen atoms in total. The Morgan fingerprint density at radius 1 is 1.50 bits per heavy atom. The molecule has 0 radical (unpaired) electrons. The second kappa shape index (κ2) is 4.17. The van der Waals surface area contributed by atoms with Crippen LogP contribution >= 0.6 is 11.6 Å². The van der Waals surface area contributed by atoms with Gasteiger partial charge in [0.05, 0.1) is 11.6 Å². The van der Waals surface area contributed by atoms with E-state index in [9.17, 15) is 0 Å². The molecule has 0 bridgehead atoms. The van der Waals surface area contributed by atoms with Crippen LogP contribution in [0.15, 0.2) is 30.8 Å². The van der Waals surface area contributed by atoms with E-state index < -0.39 is 0 Å². The molecule has 0 fully saturated rings. The lowest BCUT2D eigenvalue weighted by Gasteiger charge is -2.07. The van der Waals surface area contributed by atoms with Gasteiger partial charge < -0.3 is 4.74 Å². The van der Waals surface area contributed by atoms with E-state index in [1.807, 2.05) is 31.2 Å². The summed E-state index contributed by atoms with van der Waals surface area (Å²) in [5.41, 5.74) is 0.862. The normalized spacial score (nSPS) is 9.50. The van der Waals surface area contributed by atoms with Crippen molar-refractivity contribution in [2.75, 3.05) is 6.61 Å². The molecule has 0 aliphatic heterocycles. The van der Waals surface area contributed by atoms with E-state index in [0.717, 1.165) is 5.56 Å². The first-order valence-corrected chi connectivity index (χ1v) is 4.20. The van der Waals surface area contributed by atoms with Gasteiger partial charge in [0, 0.05) is 5.56 Å². The first-order chi connectivity index (χ1) is 5.75. The molecule has 0 saturated heterocycles. The largest absolute Gasteiger partial charge is 0.494 e. The molecule has 64 valence electrons. The van der Waals surface area contributed by atoms with Crippen LogP contribution in [0.4, 0.5) is 0 Å². The molecule has 0 saturated carbocycles. The molecule has 0 heterocycles. The SMILES string of the molecule is C=C(OCC)c1ccccc1Cl. The maximum Gasteiger partial charge on any atom is 0.120 e. The summed E-state index contributed by atoms with van der Waals surface area (Å²) in [6.07, 6.45) is 0. The minimum absolute atomic E-state index is 0.615. The highest BCUT2D eigenvalue weighted by Crippen LogP contribution is 2.22. The van der Waals surface area contributed by atoms with Gasteiger partial charge in [-0.1, -0.05) is 30.3 Å². The van der Waals surface area contributed by atoms with Gasteiger partial charge in [-0.15, -0.1) is 0 Å². The smallest absolute Gasteiger partial charge is 0.120 e. The molecule has 1 aromatic rings. The van der Waals surface area contributed by atoms with Crippen molar-refractivity contribution in [1.82, 2.24) is 0 Å². The average Bonchev–Trinajstić information content (AvgIpc) is 2.05. The highest BCUT2D eigenvalue weighted by atomic mass is 35.5. The third kappa shape index (κ3) is 2.02. The highest BCUT2D eigenvalue weighted by molar-refractivity contribution is 6.32. The van der Waals surface area contributed by atoms with E-state index in [-0.39, 0.29) is 0 Å². The predicted molar refractivity (Wildman–Crippen MR) is 52.1 cm³/mol.